The number of oxime groups is 1. The molecule has 0 aliphatic rings. The topological polar surface area (TPSA) is 96.6 Å². The third-order valence-electron chi connectivity index (χ3n) is 5.40. The Morgan fingerprint density at radius 1 is 1.06 bits per heavy atom. The second kappa shape index (κ2) is 9.73. The molecule has 0 saturated carbocycles. The second-order valence-electron chi connectivity index (χ2n) is 8.56. The number of phenols is 1. The molecular formula is C24H33N3O4. The van der Waals surface area contributed by atoms with Crippen LogP contribution in [0.5, 0.6) is 5.75 Å². The fraction of sp³-hybridized carbons (Fsp3) is 0.417. The summed E-state index contributed by atoms with van der Waals surface area (Å²) >= 11 is 0. The molecule has 7 heteroatoms. The number of aromatic carboxylic acids is 1. The fourth-order valence-corrected chi connectivity index (χ4v) is 3.59. The number of rotatable bonds is 8. The lowest BCUT2D eigenvalue weighted by molar-refractivity contribution is 0.0693. The van der Waals surface area contributed by atoms with Gasteiger partial charge in [-0.1, -0.05) is 32.0 Å². The van der Waals surface area contributed by atoms with Crippen molar-refractivity contribution >= 4 is 23.1 Å². The van der Waals surface area contributed by atoms with E-state index in [4.69, 9.17) is 5.11 Å². The molecule has 0 amide bonds. The molecule has 0 atom stereocenters. The third-order valence-corrected chi connectivity index (χ3v) is 5.40. The molecule has 0 bridgehead atoms. The van der Waals surface area contributed by atoms with Gasteiger partial charge in [-0.3, -0.25) is 0 Å². The largest absolute Gasteiger partial charge is 0.507 e. The van der Waals surface area contributed by atoms with Crippen LogP contribution in [0.25, 0.3) is 0 Å². The van der Waals surface area contributed by atoms with Crippen LogP contribution >= 0.6 is 0 Å². The number of aromatic hydroxyl groups is 1. The van der Waals surface area contributed by atoms with Gasteiger partial charge in [0.15, 0.2) is 0 Å². The molecule has 168 valence electrons. The minimum atomic E-state index is -1.19. The maximum atomic E-state index is 11.1. The Balaban J connectivity index is 2.38. The van der Waals surface area contributed by atoms with Crippen molar-refractivity contribution in [3.8, 4) is 5.75 Å². The van der Waals surface area contributed by atoms with Crippen LogP contribution in [-0.2, 0) is 5.41 Å². The molecule has 0 unspecified atom stereocenters. The molecule has 31 heavy (non-hydrogen) atoms. The van der Waals surface area contributed by atoms with Crippen LogP contribution < -0.4 is 9.80 Å². The van der Waals surface area contributed by atoms with Crippen molar-refractivity contribution in [1.29, 1.82) is 0 Å². The smallest absolute Gasteiger partial charge is 0.339 e. The molecule has 0 aromatic heterocycles. The summed E-state index contributed by atoms with van der Waals surface area (Å²) < 4.78 is 0. The molecule has 0 radical (unpaired) electrons. The molecular weight excluding hydrogens is 394 g/mol. The van der Waals surface area contributed by atoms with E-state index in [2.05, 4.69) is 56.8 Å². The maximum absolute atomic E-state index is 11.1. The fourth-order valence-electron chi connectivity index (χ4n) is 3.59. The summed E-state index contributed by atoms with van der Waals surface area (Å²) in [6, 6.07) is 10.5. The van der Waals surface area contributed by atoms with Gasteiger partial charge in [-0.15, -0.1) is 0 Å². The van der Waals surface area contributed by atoms with E-state index < -0.39 is 5.97 Å². The molecule has 2 aromatic carbocycles. The average molecular weight is 428 g/mol. The molecule has 0 aliphatic heterocycles. The molecule has 7 nitrogen and oxygen atoms in total. The van der Waals surface area contributed by atoms with Crippen LogP contribution in [0.3, 0.4) is 0 Å². The zero-order valence-electron chi connectivity index (χ0n) is 19.2. The minimum Gasteiger partial charge on any atom is -0.507 e. The lowest BCUT2D eigenvalue weighted by Crippen LogP contribution is -2.28. The Bertz CT molecular complexity index is 960. The molecule has 0 spiro atoms. The summed E-state index contributed by atoms with van der Waals surface area (Å²) in [5.41, 5.74) is 3.97. The van der Waals surface area contributed by atoms with Gasteiger partial charge >= 0.3 is 5.97 Å². The number of carboxylic acid groups (broad SMARTS) is 1. The van der Waals surface area contributed by atoms with Crippen molar-refractivity contribution in [3.63, 3.8) is 0 Å². The number of hydrogen-bond acceptors (Lipinski definition) is 6. The van der Waals surface area contributed by atoms with Gasteiger partial charge in [0.2, 0.25) is 0 Å². The Morgan fingerprint density at radius 3 is 2.19 bits per heavy atom. The van der Waals surface area contributed by atoms with Gasteiger partial charge in [0.25, 0.3) is 0 Å². The van der Waals surface area contributed by atoms with Crippen molar-refractivity contribution in [2.45, 2.75) is 40.0 Å². The Labute approximate surface area is 184 Å². The first kappa shape index (κ1) is 24.1. The Kier molecular flexibility index (Phi) is 7.55. The highest BCUT2D eigenvalue weighted by atomic mass is 16.4. The lowest BCUT2D eigenvalue weighted by Gasteiger charge is -2.31. The van der Waals surface area contributed by atoms with Crippen molar-refractivity contribution in [1.82, 2.24) is 0 Å². The summed E-state index contributed by atoms with van der Waals surface area (Å²) in [7, 11) is 1.79. The highest BCUT2D eigenvalue weighted by molar-refractivity contribution is 6.03. The van der Waals surface area contributed by atoms with Crippen LogP contribution in [0.2, 0.25) is 0 Å². The number of carbonyl (C=O) groups is 1. The quantitative estimate of drug-likeness (QED) is 0.325. The molecule has 0 saturated heterocycles. The predicted molar refractivity (Wildman–Crippen MR) is 125 cm³/mol. The average Bonchev–Trinajstić information content (AvgIpc) is 2.71. The molecule has 3 N–H and O–H groups in total. The summed E-state index contributed by atoms with van der Waals surface area (Å²) in [5.74, 6) is -1.50. The first-order valence-electron chi connectivity index (χ1n) is 10.4. The molecule has 2 aromatic rings. The molecule has 0 heterocycles. The van der Waals surface area contributed by atoms with Crippen LogP contribution in [0.4, 0.5) is 11.4 Å². The van der Waals surface area contributed by atoms with Gasteiger partial charge < -0.3 is 25.2 Å². The third kappa shape index (κ3) is 5.48. The molecule has 0 fully saturated rings. The maximum Gasteiger partial charge on any atom is 0.339 e. The van der Waals surface area contributed by atoms with E-state index in [0.717, 1.165) is 18.7 Å². The number of hydrogen-bond donors (Lipinski definition) is 3. The summed E-state index contributed by atoms with van der Waals surface area (Å²) in [4.78, 5) is 15.2. The standard InChI is InChI=1S/C24H33N3O4/c1-7-27(8-2)21-12-9-16(13-19(21)24(3,4)5)20(25-31)15-26(6)17-10-11-18(23(29)30)22(28)14-17/h9-14,28,31H,7-8,15H2,1-6H3,(H,29,30). The highest BCUT2D eigenvalue weighted by Crippen LogP contribution is 2.33. The van der Waals surface area contributed by atoms with Crippen molar-refractivity contribution in [3.05, 3.63) is 53.1 Å². The van der Waals surface area contributed by atoms with Crippen LogP contribution in [0.15, 0.2) is 41.6 Å². The highest BCUT2D eigenvalue weighted by Gasteiger charge is 2.22. The number of likely N-dealkylation sites (N-methyl/N-ethyl adjacent to an activating group) is 1. The normalized spacial score (nSPS) is 12.0. The van der Waals surface area contributed by atoms with E-state index in [-0.39, 0.29) is 23.3 Å². The van der Waals surface area contributed by atoms with Crippen LogP contribution in [-0.4, -0.2) is 53.8 Å². The van der Waals surface area contributed by atoms with E-state index in [1.807, 2.05) is 6.07 Å². The van der Waals surface area contributed by atoms with Crippen molar-refractivity contribution in [2.24, 2.45) is 5.16 Å². The van der Waals surface area contributed by atoms with E-state index in [0.29, 0.717) is 11.4 Å². The molecule has 0 aliphatic carbocycles. The van der Waals surface area contributed by atoms with E-state index in [1.165, 1.54) is 23.4 Å². The Hall–Kier alpha value is -3.22. The minimum absolute atomic E-state index is 0.0984. The van der Waals surface area contributed by atoms with E-state index >= 15 is 0 Å². The monoisotopic (exact) mass is 427 g/mol. The zero-order valence-corrected chi connectivity index (χ0v) is 19.2. The second-order valence-corrected chi connectivity index (χ2v) is 8.56. The van der Waals surface area contributed by atoms with Crippen LogP contribution in [0, 0.1) is 0 Å². The van der Waals surface area contributed by atoms with E-state index in [1.54, 1.807) is 18.0 Å². The number of anilines is 2. The molecule has 2 rings (SSSR count). The summed E-state index contributed by atoms with van der Waals surface area (Å²) in [6.07, 6.45) is 0. The summed E-state index contributed by atoms with van der Waals surface area (Å²) in [5, 5.41) is 32.3. The lowest BCUT2D eigenvalue weighted by atomic mass is 9.84. The van der Waals surface area contributed by atoms with Crippen LogP contribution in [0.1, 0.15) is 56.1 Å². The number of benzene rings is 2. The van der Waals surface area contributed by atoms with Gasteiger partial charge in [-0.05, 0) is 49.1 Å². The number of nitrogens with zero attached hydrogens (tertiary/aromatic N) is 3. The first-order valence-corrected chi connectivity index (χ1v) is 10.4. The Morgan fingerprint density at radius 2 is 1.71 bits per heavy atom. The van der Waals surface area contributed by atoms with Crippen molar-refractivity contribution < 1.29 is 20.2 Å². The van der Waals surface area contributed by atoms with Gasteiger partial charge in [-0.2, -0.15) is 0 Å². The van der Waals surface area contributed by atoms with Crippen molar-refractivity contribution in [2.75, 3.05) is 36.5 Å². The first-order chi connectivity index (χ1) is 14.5. The zero-order chi connectivity index (χ0) is 23.3. The van der Waals surface area contributed by atoms with E-state index in [9.17, 15) is 15.1 Å². The van der Waals surface area contributed by atoms with Gasteiger partial charge in [0, 0.05) is 43.1 Å². The number of carboxylic acids is 1. The predicted octanol–water partition coefficient (Wildman–Crippen LogP) is 4.55. The van der Waals surface area contributed by atoms with Gasteiger partial charge in [-0.25, -0.2) is 4.79 Å². The van der Waals surface area contributed by atoms with Gasteiger partial charge in [0.1, 0.15) is 17.0 Å². The summed E-state index contributed by atoms with van der Waals surface area (Å²) in [6.45, 7) is 12.8. The van der Waals surface area contributed by atoms with Gasteiger partial charge in [0.05, 0.1) is 6.54 Å². The SMILES string of the molecule is CCN(CC)c1ccc(C(CN(C)c2ccc(C(=O)O)c(O)c2)=NO)cc1C(C)(C)C.